The summed E-state index contributed by atoms with van der Waals surface area (Å²) in [7, 11) is 0. The van der Waals surface area contributed by atoms with Crippen molar-refractivity contribution in [3.05, 3.63) is 23.8 Å². The van der Waals surface area contributed by atoms with E-state index in [1.807, 2.05) is 46.8 Å². The van der Waals surface area contributed by atoms with E-state index in [0.717, 1.165) is 12.0 Å². The van der Waals surface area contributed by atoms with E-state index in [9.17, 15) is 9.59 Å². The van der Waals surface area contributed by atoms with Crippen LogP contribution in [0.4, 0.5) is 16.2 Å². The predicted octanol–water partition coefficient (Wildman–Crippen LogP) is 3.51. The van der Waals surface area contributed by atoms with Crippen LogP contribution in [0, 0.1) is 12.8 Å². The zero-order chi connectivity index (χ0) is 16.0. The van der Waals surface area contributed by atoms with Gasteiger partial charge in [0.2, 0.25) is 5.91 Å². The lowest BCUT2D eigenvalue weighted by atomic mass is 10.1. The summed E-state index contributed by atoms with van der Waals surface area (Å²) in [4.78, 5) is 23.6. The lowest BCUT2D eigenvalue weighted by molar-refractivity contribution is -0.118. The fourth-order valence-corrected chi connectivity index (χ4v) is 1.61. The number of carbonyl (C=O) groups is 2. The highest BCUT2D eigenvalue weighted by Gasteiger charge is 2.10. The Kier molecular flexibility index (Phi) is 6.21. The van der Waals surface area contributed by atoms with E-state index in [4.69, 9.17) is 0 Å². The molecule has 0 saturated heterocycles. The van der Waals surface area contributed by atoms with Gasteiger partial charge in [-0.2, -0.15) is 0 Å². The molecule has 1 rings (SSSR count). The molecular formula is C16H25N3O2. The quantitative estimate of drug-likeness (QED) is 0.777. The average Bonchev–Trinajstić information content (AvgIpc) is 2.42. The van der Waals surface area contributed by atoms with Crippen LogP contribution in [0.25, 0.3) is 0 Å². The SMILES string of the molecule is CC[C@H](C)NC(=O)Nc1cc(NC(=O)C(C)C)ccc1C. The summed E-state index contributed by atoms with van der Waals surface area (Å²) in [6, 6.07) is 5.35. The van der Waals surface area contributed by atoms with Crippen molar-refractivity contribution in [3.63, 3.8) is 0 Å². The van der Waals surface area contributed by atoms with Gasteiger partial charge < -0.3 is 16.0 Å². The van der Waals surface area contributed by atoms with Gasteiger partial charge in [-0.1, -0.05) is 26.8 Å². The maximum absolute atomic E-state index is 11.9. The van der Waals surface area contributed by atoms with Crippen molar-refractivity contribution >= 4 is 23.3 Å². The van der Waals surface area contributed by atoms with E-state index in [-0.39, 0.29) is 23.9 Å². The van der Waals surface area contributed by atoms with E-state index >= 15 is 0 Å². The molecule has 0 saturated carbocycles. The third-order valence-electron chi connectivity index (χ3n) is 3.27. The Morgan fingerprint density at radius 2 is 1.81 bits per heavy atom. The van der Waals surface area contributed by atoms with E-state index in [1.165, 1.54) is 0 Å². The third-order valence-corrected chi connectivity index (χ3v) is 3.27. The standard InChI is InChI=1S/C16H25N3O2/c1-6-12(5)17-16(21)19-14-9-13(8-7-11(14)4)18-15(20)10(2)3/h7-10,12H,6H2,1-5H3,(H,18,20)(H2,17,19,21)/t12-/m0/s1. The molecule has 0 aromatic heterocycles. The fourth-order valence-electron chi connectivity index (χ4n) is 1.61. The van der Waals surface area contributed by atoms with E-state index < -0.39 is 0 Å². The first kappa shape index (κ1) is 17.0. The number of rotatable bonds is 5. The molecule has 0 aliphatic carbocycles. The second-order valence-corrected chi connectivity index (χ2v) is 5.58. The van der Waals surface area contributed by atoms with Gasteiger partial charge in [0.1, 0.15) is 0 Å². The molecule has 0 aliphatic rings. The topological polar surface area (TPSA) is 70.2 Å². The molecule has 0 unspecified atom stereocenters. The number of hydrogen-bond donors (Lipinski definition) is 3. The van der Waals surface area contributed by atoms with Crippen molar-refractivity contribution in [3.8, 4) is 0 Å². The summed E-state index contributed by atoms with van der Waals surface area (Å²) in [6.07, 6.45) is 0.872. The number of aryl methyl sites for hydroxylation is 1. The van der Waals surface area contributed by atoms with Crippen molar-refractivity contribution in [2.75, 3.05) is 10.6 Å². The number of urea groups is 1. The minimum absolute atomic E-state index is 0.0474. The van der Waals surface area contributed by atoms with Crippen LogP contribution in [0.5, 0.6) is 0 Å². The minimum atomic E-state index is -0.236. The predicted molar refractivity (Wildman–Crippen MR) is 86.6 cm³/mol. The van der Waals surface area contributed by atoms with E-state index in [1.54, 1.807) is 6.07 Å². The van der Waals surface area contributed by atoms with Gasteiger partial charge in [0.05, 0.1) is 0 Å². The Morgan fingerprint density at radius 1 is 1.14 bits per heavy atom. The Morgan fingerprint density at radius 3 is 2.38 bits per heavy atom. The highest BCUT2D eigenvalue weighted by Crippen LogP contribution is 2.20. The summed E-state index contributed by atoms with van der Waals surface area (Å²) < 4.78 is 0. The van der Waals surface area contributed by atoms with Crippen LogP contribution < -0.4 is 16.0 Å². The summed E-state index contributed by atoms with van der Waals surface area (Å²) >= 11 is 0. The molecule has 116 valence electrons. The summed E-state index contributed by atoms with van der Waals surface area (Å²) in [5.41, 5.74) is 2.31. The molecule has 0 spiro atoms. The average molecular weight is 291 g/mol. The highest BCUT2D eigenvalue weighted by atomic mass is 16.2. The molecular weight excluding hydrogens is 266 g/mol. The molecule has 3 amide bonds. The van der Waals surface area contributed by atoms with Crippen molar-refractivity contribution < 1.29 is 9.59 Å². The number of carbonyl (C=O) groups excluding carboxylic acids is 2. The van der Waals surface area contributed by atoms with Crippen molar-refractivity contribution in [2.45, 2.75) is 47.1 Å². The molecule has 0 heterocycles. The lowest BCUT2D eigenvalue weighted by Crippen LogP contribution is -2.35. The van der Waals surface area contributed by atoms with Gasteiger partial charge in [-0.3, -0.25) is 4.79 Å². The van der Waals surface area contributed by atoms with Crippen LogP contribution in [0.1, 0.15) is 39.7 Å². The second-order valence-electron chi connectivity index (χ2n) is 5.58. The molecule has 0 aliphatic heterocycles. The second kappa shape index (κ2) is 7.67. The Balaban J connectivity index is 2.78. The number of amides is 3. The third kappa shape index (κ3) is 5.45. The number of hydrogen-bond acceptors (Lipinski definition) is 2. The largest absolute Gasteiger partial charge is 0.335 e. The van der Waals surface area contributed by atoms with Gasteiger partial charge in [-0.15, -0.1) is 0 Å². The molecule has 5 heteroatoms. The molecule has 1 aromatic rings. The monoisotopic (exact) mass is 291 g/mol. The van der Waals surface area contributed by atoms with Crippen LogP contribution >= 0.6 is 0 Å². The summed E-state index contributed by atoms with van der Waals surface area (Å²) in [5.74, 6) is -0.134. The number of anilines is 2. The van der Waals surface area contributed by atoms with Crippen LogP contribution in [0.15, 0.2) is 18.2 Å². The van der Waals surface area contributed by atoms with E-state index in [2.05, 4.69) is 16.0 Å². The van der Waals surface area contributed by atoms with E-state index in [0.29, 0.717) is 11.4 Å². The normalized spacial score (nSPS) is 11.9. The number of nitrogens with one attached hydrogen (secondary N) is 3. The molecule has 1 atom stereocenters. The molecule has 0 fully saturated rings. The van der Waals surface area contributed by atoms with Gasteiger partial charge >= 0.3 is 6.03 Å². The zero-order valence-electron chi connectivity index (χ0n) is 13.4. The van der Waals surface area contributed by atoms with Gasteiger partial charge in [0.25, 0.3) is 0 Å². The maximum atomic E-state index is 11.9. The number of benzene rings is 1. The first-order valence-corrected chi connectivity index (χ1v) is 7.32. The van der Waals surface area contributed by atoms with Crippen LogP contribution in [0.2, 0.25) is 0 Å². The van der Waals surface area contributed by atoms with Crippen molar-refractivity contribution in [2.24, 2.45) is 5.92 Å². The highest BCUT2D eigenvalue weighted by molar-refractivity contribution is 5.94. The smallest absolute Gasteiger partial charge is 0.319 e. The van der Waals surface area contributed by atoms with Gasteiger partial charge in [-0.25, -0.2) is 4.79 Å². The molecule has 1 aromatic carbocycles. The molecule has 0 radical (unpaired) electrons. The van der Waals surface area contributed by atoms with Crippen molar-refractivity contribution in [1.29, 1.82) is 0 Å². The minimum Gasteiger partial charge on any atom is -0.335 e. The van der Waals surface area contributed by atoms with Gasteiger partial charge in [0, 0.05) is 23.3 Å². The van der Waals surface area contributed by atoms with Crippen LogP contribution in [0.3, 0.4) is 0 Å². The first-order chi connectivity index (χ1) is 9.83. The van der Waals surface area contributed by atoms with Gasteiger partial charge in [-0.05, 0) is 38.0 Å². The fraction of sp³-hybridized carbons (Fsp3) is 0.500. The summed E-state index contributed by atoms with van der Waals surface area (Å²) in [5, 5.41) is 8.49. The van der Waals surface area contributed by atoms with Crippen LogP contribution in [-0.2, 0) is 4.79 Å². The van der Waals surface area contributed by atoms with Gasteiger partial charge in [0.15, 0.2) is 0 Å². The molecule has 5 nitrogen and oxygen atoms in total. The Hall–Kier alpha value is -2.04. The maximum Gasteiger partial charge on any atom is 0.319 e. The molecule has 3 N–H and O–H groups in total. The van der Waals surface area contributed by atoms with Crippen molar-refractivity contribution in [1.82, 2.24) is 5.32 Å². The Labute approximate surface area is 126 Å². The first-order valence-electron chi connectivity index (χ1n) is 7.32. The van der Waals surface area contributed by atoms with Crippen LogP contribution in [-0.4, -0.2) is 18.0 Å². The molecule has 21 heavy (non-hydrogen) atoms. The molecule has 0 bridgehead atoms. The lowest BCUT2D eigenvalue weighted by Gasteiger charge is -2.15. The summed E-state index contributed by atoms with van der Waals surface area (Å²) in [6.45, 7) is 9.54. The zero-order valence-corrected chi connectivity index (χ0v) is 13.4. The Bertz CT molecular complexity index is 512.